The largest absolute Gasteiger partial charge is 0.481 e. The van der Waals surface area contributed by atoms with Crippen molar-refractivity contribution in [3.63, 3.8) is 0 Å². The van der Waals surface area contributed by atoms with Gasteiger partial charge in [0.2, 0.25) is 0 Å². The summed E-state index contributed by atoms with van der Waals surface area (Å²) in [6.45, 7) is 3.54. The van der Waals surface area contributed by atoms with E-state index in [-0.39, 0.29) is 18.6 Å². The molecule has 0 fully saturated rings. The van der Waals surface area contributed by atoms with Crippen LogP contribution in [0.15, 0.2) is 24.3 Å². The number of urea groups is 1. The van der Waals surface area contributed by atoms with Crippen LogP contribution in [0, 0.1) is 5.92 Å². The standard InChI is InChI=1S/C14H19ClN2O3/c1-9(13(18)19)8-16-14(20)17(3)10(2)11-4-6-12(15)7-5-11/h4-7,9-10H,8H2,1-3H3,(H,16,20)(H,18,19). The summed E-state index contributed by atoms with van der Waals surface area (Å²) in [7, 11) is 1.67. The maximum absolute atomic E-state index is 11.9. The van der Waals surface area contributed by atoms with E-state index >= 15 is 0 Å². The number of halogens is 1. The zero-order valence-corrected chi connectivity index (χ0v) is 12.5. The molecule has 0 aliphatic carbocycles. The average Bonchev–Trinajstić information content (AvgIpc) is 2.43. The quantitative estimate of drug-likeness (QED) is 0.878. The second-order valence-corrected chi connectivity index (χ2v) is 5.20. The molecule has 6 heteroatoms. The van der Waals surface area contributed by atoms with Crippen LogP contribution in [0.5, 0.6) is 0 Å². The van der Waals surface area contributed by atoms with E-state index in [4.69, 9.17) is 16.7 Å². The smallest absolute Gasteiger partial charge is 0.317 e. The summed E-state index contributed by atoms with van der Waals surface area (Å²) in [4.78, 5) is 24.2. The van der Waals surface area contributed by atoms with E-state index in [2.05, 4.69) is 5.32 Å². The number of aliphatic carboxylic acids is 1. The number of carboxylic acid groups (broad SMARTS) is 1. The van der Waals surface area contributed by atoms with Crippen LogP contribution in [-0.2, 0) is 4.79 Å². The Hall–Kier alpha value is -1.75. The monoisotopic (exact) mass is 298 g/mol. The Labute approximate surface area is 123 Å². The minimum Gasteiger partial charge on any atom is -0.481 e. The summed E-state index contributed by atoms with van der Waals surface area (Å²) in [5.41, 5.74) is 0.957. The molecule has 0 bridgehead atoms. The molecule has 1 aromatic rings. The number of carbonyl (C=O) groups excluding carboxylic acids is 1. The number of hydrogen-bond acceptors (Lipinski definition) is 2. The molecule has 1 aromatic carbocycles. The molecule has 0 aliphatic heterocycles. The van der Waals surface area contributed by atoms with Crippen LogP contribution in [0.25, 0.3) is 0 Å². The summed E-state index contributed by atoms with van der Waals surface area (Å²) in [5.74, 6) is -1.54. The highest BCUT2D eigenvalue weighted by Crippen LogP contribution is 2.20. The van der Waals surface area contributed by atoms with Crippen LogP contribution < -0.4 is 5.32 Å². The molecule has 2 N–H and O–H groups in total. The molecule has 0 saturated carbocycles. The number of carboxylic acids is 1. The molecule has 2 amide bonds. The van der Waals surface area contributed by atoms with E-state index in [0.29, 0.717) is 5.02 Å². The van der Waals surface area contributed by atoms with Gasteiger partial charge in [-0.1, -0.05) is 30.7 Å². The summed E-state index contributed by atoms with van der Waals surface area (Å²) in [6.07, 6.45) is 0. The van der Waals surface area contributed by atoms with E-state index in [9.17, 15) is 9.59 Å². The van der Waals surface area contributed by atoms with E-state index < -0.39 is 11.9 Å². The molecule has 110 valence electrons. The van der Waals surface area contributed by atoms with Gasteiger partial charge in [0.15, 0.2) is 0 Å². The third kappa shape index (κ3) is 4.42. The molecular formula is C14H19ClN2O3. The lowest BCUT2D eigenvalue weighted by Gasteiger charge is -2.26. The van der Waals surface area contributed by atoms with Gasteiger partial charge in [-0.25, -0.2) is 4.79 Å². The Kier molecular flexibility index (Phi) is 5.82. The molecule has 20 heavy (non-hydrogen) atoms. The highest BCUT2D eigenvalue weighted by molar-refractivity contribution is 6.30. The van der Waals surface area contributed by atoms with Crippen molar-refractivity contribution in [3.05, 3.63) is 34.9 Å². The minimum absolute atomic E-state index is 0.103. The second-order valence-electron chi connectivity index (χ2n) is 4.76. The lowest BCUT2D eigenvalue weighted by Crippen LogP contribution is -2.41. The number of amides is 2. The van der Waals surface area contributed by atoms with Gasteiger partial charge in [0, 0.05) is 18.6 Å². The maximum atomic E-state index is 11.9. The van der Waals surface area contributed by atoms with Crippen molar-refractivity contribution in [2.24, 2.45) is 5.92 Å². The summed E-state index contributed by atoms with van der Waals surface area (Å²) < 4.78 is 0. The maximum Gasteiger partial charge on any atom is 0.317 e. The van der Waals surface area contributed by atoms with Crippen molar-refractivity contribution in [3.8, 4) is 0 Å². The van der Waals surface area contributed by atoms with Crippen LogP contribution >= 0.6 is 11.6 Å². The van der Waals surface area contributed by atoms with Gasteiger partial charge in [-0.15, -0.1) is 0 Å². The number of carbonyl (C=O) groups is 2. The number of nitrogens with zero attached hydrogens (tertiary/aromatic N) is 1. The number of benzene rings is 1. The molecule has 5 nitrogen and oxygen atoms in total. The van der Waals surface area contributed by atoms with Crippen molar-refractivity contribution in [1.82, 2.24) is 10.2 Å². The van der Waals surface area contributed by atoms with Crippen molar-refractivity contribution < 1.29 is 14.7 Å². The topological polar surface area (TPSA) is 69.6 Å². The van der Waals surface area contributed by atoms with E-state index in [0.717, 1.165) is 5.56 Å². The zero-order valence-electron chi connectivity index (χ0n) is 11.8. The fourth-order valence-corrected chi connectivity index (χ4v) is 1.72. The molecule has 0 aliphatic rings. The lowest BCUT2D eigenvalue weighted by molar-refractivity contribution is -0.140. The van der Waals surface area contributed by atoms with Gasteiger partial charge in [-0.2, -0.15) is 0 Å². The number of rotatable bonds is 5. The van der Waals surface area contributed by atoms with Gasteiger partial charge in [0.25, 0.3) is 0 Å². The Morgan fingerprint density at radius 3 is 2.35 bits per heavy atom. The molecular weight excluding hydrogens is 280 g/mol. The Bertz CT molecular complexity index is 476. The van der Waals surface area contributed by atoms with Crippen LogP contribution in [-0.4, -0.2) is 35.6 Å². The lowest BCUT2D eigenvalue weighted by atomic mass is 10.1. The summed E-state index contributed by atoms with van der Waals surface area (Å²) in [5, 5.41) is 12.0. The molecule has 2 unspecified atom stereocenters. The molecule has 0 saturated heterocycles. The highest BCUT2D eigenvalue weighted by Gasteiger charge is 2.19. The van der Waals surface area contributed by atoms with Crippen molar-refractivity contribution in [1.29, 1.82) is 0 Å². The second kappa shape index (κ2) is 7.14. The van der Waals surface area contributed by atoms with Gasteiger partial charge in [0.05, 0.1) is 12.0 Å². The molecule has 2 atom stereocenters. The fourth-order valence-electron chi connectivity index (χ4n) is 1.59. The minimum atomic E-state index is -0.932. The van der Waals surface area contributed by atoms with E-state index in [1.807, 2.05) is 19.1 Å². The van der Waals surface area contributed by atoms with Gasteiger partial charge in [-0.05, 0) is 24.6 Å². The normalized spacial score (nSPS) is 13.4. The van der Waals surface area contributed by atoms with Crippen molar-refractivity contribution in [2.45, 2.75) is 19.9 Å². The number of hydrogen-bond donors (Lipinski definition) is 2. The third-order valence-electron chi connectivity index (χ3n) is 3.23. The zero-order chi connectivity index (χ0) is 15.3. The Balaban J connectivity index is 2.59. The average molecular weight is 299 g/mol. The first-order chi connectivity index (χ1) is 9.32. The van der Waals surface area contributed by atoms with Crippen molar-refractivity contribution >= 4 is 23.6 Å². The first-order valence-corrected chi connectivity index (χ1v) is 6.69. The predicted octanol–water partition coefficient (Wildman–Crippen LogP) is 2.76. The Morgan fingerprint density at radius 1 is 1.30 bits per heavy atom. The predicted molar refractivity (Wildman–Crippen MR) is 77.8 cm³/mol. The fraction of sp³-hybridized carbons (Fsp3) is 0.429. The summed E-state index contributed by atoms with van der Waals surface area (Å²) >= 11 is 5.82. The molecule has 0 aromatic heterocycles. The summed E-state index contributed by atoms with van der Waals surface area (Å²) in [6, 6.07) is 6.82. The van der Waals surface area contributed by atoms with Crippen LogP contribution in [0.2, 0.25) is 5.02 Å². The first kappa shape index (κ1) is 16.3. The van der Waals surface area contributed by atoms with Crippen molar-refractivity contribution in [2.75, 3.05) is 13.6 Å². The molecule has 0 spiro atoms. The third-order valence-corrected chi connectivity index (χ3v) is 3.49. The van der Waals surface area contributed by atoms with Crippen LogP contribution in [0.1, 0.15) is 25.5 Å². The van der Waals surface area contributed by atoms with Gasteiger partial charge < -0.3 is 15.3 Å². The highest BCUT2D eigenvalue weighted by atomic mass is 35.5. The van der Waals surface area contributed by atoms with Crippen LogP contribution in [0.3, 0.4) is 0 Å². The van der Waals surface area contributed by atoms with E-state index in [1.54, 1.807) is 26.1 Å². The number of nitrogens with one attached hydrogen (secondary N) is 1. The van der Waals surface area contributed by atoms with Gasteiger partial charge in [-0.3, -0.25) is 4.79 Å². The SMILES string of the molecule is CC(CNC(=O)N(C)C(C)c1ccc(Cl)cc1)C(=O)O. The van der Waals surface area contributed by atoms with Gasteiger partial charge in [0.1, 0.15) is 0 Å². The molecule has 0 heterocycles. The molecule has 0 radical (unpaired) electrons. The Morgan fingerprint density at radius 2 is 1.85 bits per heavy atom. The van der Waals surface area contributed by atoms with Crippen LogP contribution in [0.4, 0.5) is 4.79 Å². The molecule has 1 rings (SSSR count). The first-order valence-electron chi connectivity index (χ1n) is 6.32. The van der Waals surface area contributed by atoms with Gasteiger partial charge >= 0.3 is 12.0 Å². The van der Waals surface area contributed by atoms with E-state index in [1.165, 1.54) is 4.90 Å².